The molecule has 0 aliphatic carbocycles. The van der Waals surface area contributed by atoms with E-state index in [1.165, 1.54) is 10.4 Å². The maximum absolute atomic E-state index is 5.55. The quantitative estimate of drug-likeness (QED) is 0.680. The van der Waals surface area contributed by atoms with Gasteiger partial charge in [0.15, 0.2) is 0 Å². The third-order valence-electron chi connectivity index (χ3n) is 3.77. The summed E-state index contributed by atoms with van der Waals surface area (Å²) < 4.78 is 5.55. The molecule has 5 heteroatoms. The second-order valence-corrected chi connectivity index (χ2v) is 7.31. The van der Waals surface area contributed by atoms with Crippen LogP contribution in [-0.2, 0) is 13.0 Å². The summed E-state index contributed by atoms with van der Waals surface area (Å²) in [4.78, 5) is 5.87. The molecule has 0 aliphatic heterocycles. The molecule has 120 valence electrons. The number of rotatable bonds is 7. The fourth-order valence-electron chi connectivity index (χ4n) is 2.66. The average Bonchev–Trinajstić information content (AvgIpc) is 3.24. The maximum Gasteiger partial charge on any atom is 0.126 e. The van der Waals surface area contributed by atoms with E-state index in [-0.39, 0.29) is 6.04 Å². The average molecular weight is 345 g/mol. The van der Waals surface area contributed by atoms with Crippen LogP contribution in [0.1, 0.15) is 27.1 Å². The fraction of sp³-hybridized carbons (Fsp3) is 0.278. The molecule has 0 bridgehead atoms. The van der Waals surface area contributed by atoms with Gasteiger partial charge in [-0.25, -0.2) is 4.98 Å². The Labute approximate surface area is 145 Å². The summed E-state index contributed by atoms with van der Waals surface area (Å²) in [5.74, 6) is 0.967. The van der Waals surface area contributed by atoms with Gasteiger partial charge in [0.25, 0.3) is 0 Å². The van der Waals surface area contributed by atoms with Gasteiger partial charge in [0, 0.05) is 35.0 Å². The van der Waals surface area contributed by atoms with Crippen molar-refractivity contribution in [2.75, 3.05) is 7.11 Å². The Morgan fingerprint density at radius 1 is 1.17 bits per heavy atom. The molecule has 0 spiro atoms. The zero-order valence-electron chi connectivity index (χ0n) is 13.3. The molecule has 0 amide bonds. The molecule has 2 aromatic heterocycles. The van der Waals surface area contributed by atoms with E-state index in [0.717, 1.165) is 29.3 Å². The first-order chi connectivity index (χ1) is 11.3. The van der Waals surface area contributed by atoms with Gasteiger partial charge in [-0.1, -0.05) is 24.3 Å². The van der Waals surface area contributed by atoms with Gasteiger partial charge < -0.3 is 10.1 Å². The number of aromatic nitrogens is 1. The molecule has 1 aromatic carbocycles. The van der Waals surface area contributed by atoms with E-state index in [2.05, 4.69) is 52.9 Å². The van der Waals surface area contributed by atoms with Crippen molar-refractivity contribution >= 4 is 22.7 Å². The van der Waals surface area contributed by atoms with Crippen molar-refractivity contribution in [1.29, 1.82) is 0 Å². The van der Waals surface area contributed by atoms with Gasteiger partial charge in [-0.2, -0.15) is 0 Å². The molecule has 3 aromatic rings. The first kappa shape index (κ1) is 16.2. The molecular weight excluding hydrogens is 324 g/mol. The van der Waals surface area contributed by atoms with Crippen LogP contribution in [0.15, 0.2) is 47.3 Å². The van der Waals surface area contributed by atoms with Crippen molar-refractivity contribution in [2.24, 2.45) is 0 Å². The minimum atomic E-state index is 0.221. The normalized spacial score (nSPS) is 12.3. The van der Waals surface area contributed by atoms with E-state index in [0.29, 0.717) is 0 Å². The van der Waals surface area contributed by atoms with Crippen molar-refractivity contribution in [2.45, 2.75) is 25.9 Å². The lowest BCUT2D eigenvalue weighted by Gasteiger charge is -2.18. The number of benzene rings is 1. The molecule has 1 N–H and O–H groups in total. The summed E-state index contributed by atoms with van der Waals surface area (Å²) in [6, 6.07) is 10.8. The SMILES string of the molecule is COc1c(C)cccc1CNC(Cc1cccs1)c1nccs1. The number of ether oxygens (including phenoxy) is 1. The predicted octanol–water partition coefficient (Wildman–Crippen LogP) is 4.60. The highest BCUT2D eigenvalue weighted by Gasteiger charge is 2.16. The van der Waals surface area contributed by atoms with Crippen LogP contribution in [0, 0.1) is 6.92 Å². The monoisotopic (exact) mass is 344 g/mol. The smallest absolute Gasteiger partial charge is 0.126 e. The molecule has 23 heavy (non-hydrogen) atoms. The van der Waals surface area contributed by atoms with Crippen LogP contribution in [0.25, 0.3) is 0 Å². The van der Waals surface area contributed by atoms with E-state index in [1.54, 1.807) is 29.8 Å². The Bertz CT molecular complexity index is 724. The van der Waals surface area contributed by atoms with Crippen molar-refractivity contribution in [3.05, 3.63) is 68.3 Å². The lowest BCUT2D eigenvalue weighted by Crippen LogP contribution is -2.23. The molecule has 2 heterocycles. The molecule has 1 atom stereocenters. The molecule has 0 aliphatic rings. The van der Waals surface area contributed by atoms with Gasteiger partial charge in [-0.3, -0.25) is 0 Å². The second-order valence-electron chi connectivity index (χ2n) is 5.35. The summed E-state index contributed by atoms with van der Waals surface area (Å²) in [6.45, 7) is 2.84. The molecular formula is C18H20N2OS2. The van der Waals surface area contributed by atoms with Crippen LogP contribution in [0.4, 0.5) is 0 Å². The second kappa shape index (κ2) is 7.73. The van der Waals surface area contributed by atoms with E-state index in [9.17, 15) is 0 Å². The van der Waals surface area contributed by atoms with Crippen LogP contribution in [0.3, 0.4) is 0 Å². The van der Waals surface area contributed by atoms with Gasteiger partial charge in [0.1, 0.15) is 10.8 Å². The van der Waals surface area contributed by atoms with Crippen molar-refractivity contribution in [1.82, 2.24) is 10.3 Å². The van der Waals surface area contributed by atoms with Crippen LogP contribution in [0.2, 0.25) is 0 Å². The Hall–Kier alpha value is -1.69. The molecule has 3 rings (SSSR count). The minimum Gasteiger partial charge on any atom is -0.496 e. The fourth-order valence-corrected chi connectivity index (χ4v) is 4.13. The van der Waals surface area contributed by atoms with Crippen molar-refractivity contribution < 1.29 is 4.74 Å². The zero-order chi connectivity index (χ0) is 16.1. The maximum atomic E-state index is 5.55. The topological polar surface area (TPSA) is 34.1 Å². The number of para-hydroxylation sites is 1. The van der Waals surface area contributed by atoms with Gasteiger partial charge in [-0.05, 0) is 23.9 Å². The molecule has 0 saturated carbocycles. The Morgan fingerprint density at radius 2 is 2.09 bits per heavy atom. The summed E-state index contributed by atoms with van der Waals surface area (Å²) in [7, 11) is 1.73. The number of hydrogen-bond donors (Lipinski definition) is 1. The summed E-state index contributed by atoms with van der Waals surface area (Å²) in [5, 5.41) is 8.94. The third-order valence-corrected chi connectivity index (χ3v) is 5.56. The Kier molecular flexibility index (Phi) is 5.43. The van der Waals surface area contributed by atoms with Crippen molar-refractivity contribution in [3.63, 3.8) is 0 Å². The van der Waals surface area contributed by atoms with E-state index < -0.39 is 0 Å². The van der Waals surface area contributed by atoms with Gasteiger partial charge in [-0.15, -0.1) is 22.7 Å². The Morgan fingerprint density at radius 3 is 2.78 bits per heavy atom. The summed E-state index contributed by atoms with van der Waals surface area (Å²) >= 11 is 3.49. The summed E-state index contributed by atoms with van der Waals surface area (Å²) in [5.41, 5.74) is 2.34. The number of nitrogens with zero attached hydrogens (tertiary/aromatic N) is 1. The third kappa shape index (κ3) is 3.99. The van der Waals surface area contributed by atoms with E-state index >= 15 is 0 Å². The van der Waals surface area contributed by atoms with Crippen LogP contribution < -0.4 is 10.1 Å². The number of aryl methyl sites for hydroxylation is 1. The van der Waals surface area contributed by atoms with Crippen LogP contribution in [-0.4, -0.2) is 12.1 Å². The standard InChI is InChI=1S/C18H20N2OS2/c1-13-5-3-6-14(17(13)21-2)12-20-16(18-19-8-10-23-18)11-15-7-4-9-22-15/h3-10,16,20H,11-12H2,1-2H3. The number of thiazole rings is 1. The molecule has 1 unspecified atom stereocenters. The number of thiophene rings is 1. The predicted molar refractivity (Wildman–Crippen MR) is 97.4 cm³/mol. The molecule has 0 saturated heterocycles. The number of methoxy groups -OCH3 is 1. The molecule has 3 nitrogen and oxygen atoms in total. The largest absolute Gasteiger partial charge is 0.496 e. The van der Waals surface area contributed by atoms with Crippen molar-refractivity contribution in [3.8, 4) is 5.75 Å². The highest BCUT2D eigenvalue weighted by molar-refractivity contribution is 7.10. The van der Waals surface area contributed by atoms with Crippen LogP contribution >= 0.6 is 22.7 Å². The Balaban J connectivity index is 1.76. The highest BCUT2D eigenvalue weighted by atomic mass is 32.1. The van der Waals surface area contributed by atoms with Gasteiger partial charge in [0.05, 0.1) is 13.2 Å². The molecule has 0 radical (unpaired) electrons. The van der Waals surface area contributed by atoms with Gasteiger partial charge in [0.2, 0.25) is 0 Å². The zero-order valence-corrected chi connectivity index (χ0v) is 14.9. The minimum absolute atomic E-state index is 0.221. The number of hydrogen-bond acceptors (Lipinski definition) is 5. The van der Waals surface area contributed by atoms with E-state index in [1.807, 2.05) is 11.6 Å². The number of nitrogens with one attached hydrogen (secondary N) is 1. The van der Waals surface area contributed by atoms with E-state index in [4.69, 9.17) is 4.74 Å². The highest BCUT2D eigenvalue weighted by Crippen LogP contribution is 2.26. The van der Waals surface area contributed by atoms with Crippen LogP contribution in [0.5, 0.6) is 5.75 Å². The van der Waals surface area contributed by atoms with Gasteiger partial charge >= 0.3 is 0 Å². The lowest BCUT2D eigenvalue weighted by molar-refractivity contribution is 0.402. The molecule has 0 fully saturated rings. The first-order valence-electron chi connectivity index (χ1n) is 7.55. The summed E-state index contributed by atoms with van der Waals surface area (Å²) in [6.07, 6.45) is 2.83. The first-order valence-corrected chi connectivity index (χ1v) is 9.31. The lowest BCUT2D eigenvalue weighted by atomic mass is 10.1.